The van der Waals surface area contributed by atoms with E-state index in [9.17, 15) is 0 Å². The number of fused-ring (bicyclic) bond motifs is 10. The first-order valence-electron chi connectivity index (χ1n) is 36.8. The molecule has 0 unspecified atom stereocenters. The number of para-hydroxylation sites is 3. The van der Waals surface area contributed by atoms with Crippen LogP contribution >= 0.6 is 22.7 Å². The Bertz CT molecular complexity index is 4770. The fourth-order valence-corrected chi connectivity index (χ4v) is 13.7. The van der Waals surface area contributed by atoms with Gasteiger partial charge in [0.1, 0.15) is 5.58 Å². The van der Waals surface area contributed by atoms with E-state index in [1.807, 2.05) is 138 Å². The van der Waals surface area contributed by atoms with E-state index in [-0.39, 0.29) is 0 Å². The van der Waals surface area contributed by atoms with Crippen LogP contribution in [0.15, 0.2) is 421 Å². The fourth-order valence-electron chi connectivity index (χ4n) is 12.5. The van der Waals surface area contributed by atoms with Gasteiger partial charge in [0, 0.05) is 33.4 Å². The molecule has 0 bridgehead atoms. The van der Waals surface area contributed by atoms with Crippen LogP contribution in [0.5, 0.6) is 0 Å². The number of aromatic amines is 1. The zero-order valence-electron chi connectivity index (χ0n) is 60.2. The number of H-pyrrole nitrogens is 1. The van der Waals surface area contributed by atoms with E-state index in [4.69, 9.17) is 4.42 Å². The average Bonchev–Trinajstić information content (AvgIpc) is 1.86. The Morgan fingerprint density at radius 3 is 1.24 bits per heavy atom. The molecule has 0 amide bonds. The lowest BCUT2D eigenvalue weighted by Gasteiger charge is -2.13. The predicted octanol–water partition coefficient (Wildman–Crippen LogP) is 28.5. The number of aromatic nitrogens is 2. The van der Waals surface area contributed by atoms with Crippen LogP contribution in [0.25, 0.3) is 76.6 Å². The molecule has 0 spiro atoms. The number of nitrogens with zero attached hydrogens (tertiary/aromatic N) is 1. The SMILES string of the molecule is C1=Cc2ccccc2C1.C1=Cc2ccccc2CC1.c1ccc2[nH]ccc2c1.c1ccc2c(c1)CCC2.c1ccc2c(c1)CCCC2.c1ccc2ccccc2c1.c1ccc2ccccc2c1.c1ccc2ncccc2c1.c1ccc2occc2c1.c1ccc2sccc2c1.c1ccccc1.c1ccsc1. The number of nitrogens with one attached hydrogen (secondary N) is 1. The lowest BCUT2D eigenvalue weighted by molar-refractivity contribution is 0.616. The molecule has 0 saturated carbocycles. The van der Waals surface area contributed by atoms with Crippen molar-refractivity contribution < 1.29 is 4.42 Å². The largest absolute Gasteiger partial charge is 0.464 e. The summed E-state index contributed by atoms with van der Waals surface area (Å²) in [5.74, 6) is 0. The summed E-state index contributed by atoms with van der Waals surface area (Å²) in [7, 11) is 0. The first-order valence-corrected chi connectivity index (χ1v) is 38.6. The Kier molecular flexibility index (Phi) is 31.1. The van der Waals surface area contributed by atoms with Gasteiger partial charge in [0.15, 0.2) is 0 Å². The van der Waals surface area contributed by atoms with Crippen molar-refractivity contribution in [3.05, 3.63) is 462 Å². The van der Waals surface area contributed by atoms with Crippen molar-refractivity contribution in [1.29, 1.82) is 0 Å². The van der Waals surface area contributed by atoms with Crippen LogP contribution in [-0.2, 0) is 38.5 Å². The third-order valence-corrected chi connectivity index (χ3v) is 19.5. The predicted molar refractivity (Wildman–Crippen MR) is 461 cm³/mol. The van der Waals surface area contributed by atoms with E-state index in [1.54, 1.807) is 51.2 Å². The van der Waals surface area contributed by atoms with Crippen molar-refractivity contribution >= 4 is 99.2 Å². The number of thiophene rings is 2. The van der Waals surface area contributed by atoms with E-state index in [1.165, 1.54) is 128 Å². The molecular weight excluding hydrogens is 1320 g/mol. The highest BCUT2D eigenvalue weighted by atomic mass is 32.1. The molecule has 22 rings (SSSR count). The Morgan fingerprint density at radius 1 is 0.292 bits per heavy atom. The van der Waals surface area contributed by atoms with Gasteiger partial charge in [-0.1, -0.05) is 346 Å². The van der Waals surface area contributed by atoms with Crippen LogP contribution in [-0.4, -0.2) is 9.97 Å². The molecule has 0 saturated heterocycles. The minimum absolute atomic E-state index is 0.956. The fraction of sp³-hybridized carbons (Fsp3) is 0.0990. The van der Waals surface area contributed by atoms with Crippen molar-refractivity contribution in [3.63, 3.8) is 0 Å². The number of aryl methyl sites for hydroxylation is 5. The van der Waals surface area contributed by atoms with Crippen LogP contribution in [0.4, 0.5) is 0 Å². The van der Waals surface area contributed by atoms with E-state index >= 15 is 0 Å². The molecule has 4 aliphatic carbocycles. The molecule has 5 heteroatoms. The number of furan rings is 1. The van der Waals surface area contributed by atoms with Crippen molar-refractivity contribution in [2.45, 2.75) is 64.2 Å². The standard InChI is InChI=1S/C10H12.C10H10.2C10H8.C9H7N.C9H10.C9H8.C8H7N.C8H6O.C8H6S.C6H6.C4H4S/c4*1-2-6-10-8-4-3-7-9(10)5-1;1-2-6-9-8(4-1)5-3-7-10-9;2*1-2-5-9-7-3-6-8(9)4-1;3*1-2-4-8-7(3-1)5-6-9-8;1-2-4-6-5-3-1;1-2-4-5-3-1/h1-2,5-6H,3-4,7-8H2;1-3,5-7H,4,8H2;2*1-8H;1-7H;1-2,4-5H,3,6-7H2;1-6H,7H2;1-6,9H;2*1-6H;1-6H;1-4H. The normalized spacial score (nSPS) is 11.7. The van der Waals surface area contributed by atoms with Gasteiger partial charge in [-0.2, -0.15) is 11.3 Å². The Morgan fingerprint density at radius 2 is 0.726 bits per heavy atom. The molecule has 3 nitrogen and oxygen atoms in total. The smallest absolute Gasteiger partial charge is 0.133 e. The molecule has 5 aromatic heterocycles. The maximum Gasteiger partial charge on any atom is 0.133 e. The van der Waals surface area contributed by atoms with Gasteiger partial charge in [0.05, 0.1) is 11.8 Å². The van der Waals surface area contributed by atoms with Crippen molar-refractivity contribution in [2.24, 2.45) is 0 Å². The number of pyridine rings is 1. The molecule has 18 aromatic rings. The molecular formula is C101H92N2OS2. The first kappa shape index (κ1) is 75.2. The zero-order chi connectivity index (χ0) is 72.4. The first-order chi connectivity index (χ1) is 52.7. The molecule has 0 radical (unpaired) electrons. The number of benzene rings is 13. The third-order valence-electron chi connectivity index (χ3n) is 18.0. The average molecular weight is 1410 g/mol. The molecule has 13 aromatic carbocycles. The summed E-state index contributed by atoms with van der Waals surface area (Å²) in [5.41, 5.74) is 15.2. The maximum atomic E-state index is 5.12. The van der Waals surface area contributed by atoms with Crippen LogP contribution in [0.3, 0.4) is 0 Å². The van der Waals surface area contributed by atoms with Crippen LogP contribution < -0.4 is 0 Å². The van der Waals surface area contributed by atoms with Crippen LogP contribution in [0, 0.1) is 0 Å². The Hall–Kier alpha value is -12.0. The van der Waals surface area contributed by atoms with Gasteiger partial charge < -0.3 is 9.40 Å². The second-order valence-electron chi connectivity index (χ2n) is 25.4. The van der Waals surface area contributed by atoms with Gasteiger partial charge in [-0.05, 0) is 206 Å². The Labute approximate surface area is 634 Å². The molecule has 0 aliphatic heterocycles. The lowest BCUT2D eigenvalue weighted by Crippen LogP contribution is -2.00. The van der Waals surface area contributed by atoms with Gasteiger partial charge in [0.25, 0.3) is 0 Å². The molecule has 106 heavy (non-hydrogen) atoms. The highest BCUT2D eigenvalue weighted by molar-refractivity contribution is 7.17. The maximum absolute atomic E-state index is 5.12. The molecule has 4 aliphatic rings. The number of rotatable bonds is 0. The minimum Gasteiger partial charge on any atom is -0.464 e. The topological polar surface area (TPSA) is 41.8 Å². The molecule has 1 N–H and O–H groups in total. The quantitative estimate of drug-likeness (QED) is 0.164. The van der Waals surface area contributed by atoms with Crippen LogP contribution in [0.2, 0.25) is 0 Å². The summed E-state index contributed by atoms with van der Waals surface area (Å²) in [6.07, 6.45) is 27.2. The van der Waals surface area contributed by atoms with E-state index in [0.29, 0.717) is 0 Å². The number of hydrogen-bond acceptors (Lipinski definition) is 4. The van der Waals surface area contributed by atoms with Gasteiger partial charge in [-0.25, -0.2) is 0 Å². The molecule has 524 valence electrons. The van der Waals surface area contributed by atoms with E-state index in [0.717, 1.165) is 22.9 Å². The number of allylic oxidation sites excluding steroid dienone is 2. The van der Waals surface area contributed by atoms with E-state index in [2.05, 4.69) is 294 Å². The summed E-state index contributed by atoms with van der Waals surface area (Å²) in [4.78, 5) is 7.30. The second-order valence-corrected chi connectivity index (χ2v) is 27.1. The van der Waals surface area contributed by atoms with Gasteiger partial charge in [-0.3, -0.25) is 4.98 Å². The van der Waals surface area contributed by atoms with Gasteiger partial charge in [0.2, 0.25) is 0 Å². The molecule has 0 fully saturated rings. The van der Waals surface area contributed by atoms with E-state index < -0.39 is 0 Å². The summed E-state index contributed by atoms with van der Waals surface area (Å²) in [6.45, 7) is 0. The van der Waals surface area contributed by atoms with Crippen molar-refractivity contribution in [1.82, 2.24) is 9.97 Å². The van der Waals surface area contributed by atoms with Crippen molar-refractivity contribution in [2.75, 3.05) is 0 Å². The lowest BCUT2D eigenvalue weighted by atomic mass is 9.92. The molecule has 0 atom stereocenters. The highest BCUT2D eigenvalue weighted by Gasteiger charge is 2.08. The number of hydrogen-bond donors (Lipinski definition) is 1. The van der Waals surface area contributed by atoms with Crippen LogP contribution in [0.1, 0.15) is 70.2 Å². The highest BCUT2D eigenvalue weighted by Crippen LogP contribution is 2.24. The summed E-state index contributed by atoms with van der Waals surface area (Å²) in [5, 5.41) is 16.4. The zero-order valence-corrected chi connectivity index (χ0v) is 61.9. The summed E-state index contributed by atoms with van der Waals surface area (Å²) in [6, 6.07) is 127. The van der Waals surface area contributed by atoms with Crippen molar-refractivity contribution in [3.8, 4) is 0 Å². The second kappa shape index (κ2) is 43.8. The molecule has 5 heterocycles. The van der Waals surface area contributed by atoms with Gasteiger partial charge >= 0.3 is 0 Å². The minimum atomic E-state index is 0.956. The monoisotopic (exact) mass is 1410 g/mol. The summed E-state index contributed by atoms with van der Waals surface area (Å²) >= 11 is 3.50. The third kappa shape index (κ3) is 25.2. The summed E-state index contributed by atoms with van der Waals surface area (Å²) < 4.78 is 6.49. The Balaban J connectivity index is 0.000000116. The van der Waals surface area contributed by atoms with Gasteiger partial charge in [-0.15, -0.1) is 11.3 Å².